The average Bonchev–Trinajstić information content (AvgIpc) is 3.04. The molecule has 0 rings (SSSR count). The van der Waals surface area contributed by atoms with Crippen LogP contribution >= 0.6 is 0 Å². The maximum Gasteiger partial charge on any atom is 0.305 e. The van der Waals surface area contributed by atoms with Crippen LogP contribution in [0.1, 0.15) is 188 Å². The van der Waals surface area contributed by atoms with Crippen molar-refractivity contribution < 1.29 is 19.1 Å². The number of ether oxygens (including phenoxy) is 2. The summed E-state index contributed by atoms with van der Waals surface area (Å²) >= 11 is 0. The Kier molecular flexibility index (Phi) is 35.7. The van der Waals surface area contributed by atoms with Crippen molar-refractivity contribution in [1.82, 2.24) is 0 Å². The maximum absolute atomic E-state index is 12.0. The average molecular weight is 643 g/mol. The molecule has 0 atom stereocenters. The highest BCUT2D eigenvalue weighted by molar-refractivity contribution is 5.69. The lowest BCUT2D eigenvalue weighted by molar-refractivity contribution is -0.144. The van der Waals surface area contributed by atoms with E-state index in [1.165, 1.54) is 89.9 Å². The van der Waals surface area contributed by atoms with Gasteiger partial charge in [0.25, 0.3) is 0 Å². The van der Waals surface area contributed by atoms with Crippen molar-refractivity contribution in [3.8, 4) is 0 Å². The van der Waals surface area contributed by atoms with E-state index in [4.69, 9.17) is 9.47 Å². The lowest BCUT2D eigenvalue weighted by atomic mass is 10.1. The van der Waals surface area contributed by atoms with Gasteiger partial charge in [0.15, 0.2) is 0 Å². The fraction of sp³-hybridized carbons (Fsp3) is 0.762. The summed E-state index contributed by atoms with van der Waals surface area (Å²) in [4.78, 5) is 24.1. The number of carbonyl (C=O) groups excluding carboxylic acids is 2. The van der Waals surface area contributed by atoms with Crippen molar-refractivity contribution in [2.24, 2.45) is 5.92 Å². The zero-order valence-electron chi connectivity index (χ0n) is 30.6. The van der Waals surface area contributed by atoms with Gasteiger partial charge in [-0.2, -0.15) is 0 Å². The van der Waals surface area contributed by atoms with Crippen molar-refractivity contribution >= 4 is 11.9 Å². The molecule has 0 aromatic carbocycles. The molecule has 0 radical (unpaired) electrons. The topological polar surface area (TPSA) is 52.6 Å². The molecule has 0 saturated heterocycles. The highest BCUT2D eigenvalue weighted by Gasteiger charge is 2.08. The van der Waals surface area contributed by atoms with E-state index in [1.54, 1.807) is 0 Å². The smallest absolute Gasteiger partial charge is 0.305 e. The molecule has 0 aromatic rings. The summed E-state index contributed by atoms with van der Waals surface area (Å²) in [5.41, 5.74) is 0. The predicted molar refractivity (Wildman–Crippen MR) is 199 cm³/mol. The van der Waals surface area contributed by atoms with Gasteiger partial charge < -0.3 is 9.47 Å². The van der Waals surface area contributed by atoms with Crippen molar-refractivity contribution in [1.29, 1.82) is 0 Å². The Morgan fingerprint density at radius 1 is 0.457 bits per heavy atom. The van der Waals surface area contributed by atoms with Crippen molar-refractivity contribution in [2.45, 2.75) is 188 Å². The fourth-order valence-electron chi connectivity index (χ4n) is 5.20. The quantitative estimate of drug-likeness (QED) is 0.0398. The Hall–Kier alpha value is -2.10. The summed E-state index contributed by atoms with van der Waals surface area (Å²) in [6.45, 7) is 7.53. The van der Waals surface area contributed by atoms with Gasteiger partial charge in [-0.3, -0.25) is 9.59 Å². The van der Waals surface area contributed by atoms with Gasteiger partial charge >= 0.3 is 11.9 Å². The van der Waals surface area contributed by atoms with E-state index >= 15 is 0 Å². The number of rotatable bonds is 34. The van der Waals surface area contributed by atoms with E-state index in [9.17, 15) is 9.59 Å². The highest BCUT2D eigenvalue weighted by atomic mass is 16.5. The largest absolute Gasteiger partial charge is 0.466 e. The van der Waals surface area contributed by atoms with Gasteiger partial charge in [0.1, 0.15) is 0 Å². The fourth-order valence-corrected chi connectivity index (χ4v) is 5.20. The third-order valence-corrected chi connectivity index (χ3v) is 8.41. The molecule has 0 fully saturated rings. The number of carbonyl (C=O) groups is 2. The Bertz CT molecular complexity index is 715. The molecule has 0 saturated carbocycles. The Balaban J connectivity index is 3.48. The van der Waals surface area contributed by atoms with Crippen LogP contribution in [0, 0.1) is 5.92 Å². The third-order valence-electron chi connectivity index (χ3n) is 8.41. The molecule has 0 unspecified atom stereocenters. The molecule has 46 heavy (non-hydrogen) atoms. The SMILES string of the molecule is CCCCCC=CCC=CCCCCCCCC(=O)OCCC(C)CCOC(=O)CCCCCCCC=CCC=CCCCCC. The van der Waals surface area contributed by atoms with Crippen LogP contribution in [-0.4, -0.2) is 25.2 Å². The standard InChI is InChI=1S/C42H74O4/c1-4-6-8-10-12-14-16-18-20-22-24-26-28-30-32-34-41(43)45-38-36-40(3)37-39-46-42(44)35-33-31-29-27-25-23-21-19-17-15-13-11-9-7-5-2/h12-15,18-21,40H,4-11,16-17,22-39H2,1-3H3. The first kappa shape index (κ1) is 43.9. The molecular weight excluding hydrogens is 568 g/mol. The van der Waals surface area contributed by atoms with Gasteiger partial charge in [0.2, 0.25) is 0 Å². The van der Waals surface area contributed by atoms with E-state index in [0.717, 1.165) is 64.2 Å². The Morgan fingerprint density at radius 3 is 1.15 bits per heavy atom. The summed E-state index contributed by atoms with van der Waals surface area (Å²) in [7, 11) is 0. The summed E-state index contributed by atoms with van der Waals surface area (Å²) in [6, 6.07) is 0. The highest BCUT2D eigenvalue weighted by Crippen LogP contribution is 2.12. The molecule has 0 aliphatic rings. The minimum absolute atomic E-state index is 0.0818. The minimum atomic E-state index is -0.0818. The van der Waals surface area contributed by atoms with Gasteiger partial charge in [0, 0.05) is 12.8 Å². The molecule has 0 heterocycles. The van der Waals surface area contributed by atoms with Gasteiger partial charge in [-0.15, -0.1) is 0 Å². The molecule has 0 aliphatic carbocycles. The molecule has 0 aliphatic heterocycles. The zero-order chi connectivity index (χ0) is 33.6. The molecule has 4 nitrogen and oxygen atoms in total. The van der Waals surface area contributed by atoms with Crippen LogP contribution in [-0.2, 0) is 19.1 Å². The lowest BCUT2D eigenvalue weighted by Crippen LogP contribution is -2.11. The molecular formula is C42H74O4. The van der Waals surface area contributed by atoms with Gasteiger partial charge in [-0.25, -0.2) is 0 Å². The number of unbranched alkanes of at least 4 members (excludes halogenated alkanes) is 16. The first-order valence-electron chi connectivity index (χ1n) is 19.5. The molecule has 0 aromatic heterocycles. The summed E-state index contributed by atoms with van der Waals surface area (Å²) in [6.07, 6.45) is 47.0. The first-order chi connectivity index (χ1) is 22.6. The predicted octanol–water partition coefficient (Wildman–Crippen LogP) is 13.1. The van der Waals surface area contributed by atoms with Crippen molar-refractivity contribution in [2.75, 3.05) is 13.2 Å². The van der Waals surface area contributed by atoms with E-state index in [0.29, 0.717) is 32.0 Å². The van der Waals surface area contributed by atoms with Gasteiger partial charge in [-0.1, -0.05) is 134 Å². The molecule has 4 heteroatoms. The third kappa shape index (κ3) is 36.4. The molecule has 0 spiro atoms. The molecule has 266 valence electrons. The van der Waals surface area contributed by atoms with Crippen molar-refractivity contribution in [3.63, 3.8) is 0 Å². The van der Waals surface area contributed by atoms with Crippen LogP contribution in [0.25, 0.3) is 0 Å². The molecule has 0 bridgehead atoms. The maximum atomic E-state index is 12.0. The van der Waals surface area contributed by atoms with Gasteiger partial charge in [-0.05, 0) is 95.8 Å². The second-order valence-corrected chi connectivity index (χ2v) is 13.1. The van der Waals surface area contributed by atoms with E-state index < -0.39 is 0 Å². The van der Waals surface area contributed by atoms with E-state index in [-0.39, 0.29) is 11.9 Å². The van der Waals surface area contributed by atoms with Crippen LogP contribution in [0.4, 0.5) is 0 Å². The van der Waals surface area contributed by atoms with Crippen LogP contribution in [0.5, 0.6) is 0 Å². The number of allylic oxidation sites excluding steroid dienone is 8. The lowest BCUT2D eigenvalue weighted by Gasteiger charge is -2.12. The Morgan fingerprint density at radius 2 is 0.783 bits per heavy atom. The zero-order valence-corrected chi connectivity index (χ0v) is 30.6. The summed E-state index contributed by atoms with van der Waals surface area (Å²) in [5, 5.41) is 0. The van der Waals surface area contributed by atoms with Crippen molar-refractivity contribution in [3.05, 3.63) is 48.6 Å². The van der Waals surface area contributed by atoms with E-state index in [1.807, 2.05) is 0 Å². The van der Waals surface area contributed by atoms with Crippen LogP contribution < -0.4 is 0 Å². The molecule has 0 N–H and O–H groups in total. The monoisotopic (exact) mass is 643 g/mol. The van der Waals surface area contributed by atoms with Gasteiger partial charge in [0.05, 0.1) is 13.2 Å². The number of esters is 2. The van der Waals surface area contributed by atoms with E-state index in [2.05, 4.69) is 69.4 Å². The first-order valence-corrected chi connectivity index (χ1v) is 19.5. The van der Waals surface area contributed by atoms with Crippen LogP contribution in [0.2, 0.25) is 0 Å². The van der Waals surface area contributed by atoms with Crippen LogP contribution in [0.15, 0.2) is 48.6 Å². The number of hydrogen-bond donors (Lipinski definition) is 0. The summed E-state index contributed by atoms with van der Waals surface area (Å²) in [5.74, 6) is 0.204. The normalized spacial score (nSPS) is 12.7. The number of hydrogen-bond acceptors (Lipinski definition) is 4. The second kappa shape index (κ2) is 37.4. The minimum Gasteiger partial charge on any atom is -0.466 e. The Labute approximate surface area is 285 Å². The summed E-state index contributed by atoms with van der Waals surface area (Å²) < 4.78 is 10.9. The molecule has 0 amide bonds. The van der Waals surface area contributed by atoms with Crippen LogP contribution in [0.3, 0.4) is 0 Å². The second-order valence-electron chi connectivity index (χ2n) is 13.1.